The molecule has 1 N–H and O–H groups in total. The molecule has 0 aliphatic carbocycles. The van der Waals surface area contributed by atoms with Crippen LogP contribution in [0, 0.1) is 17.0 Å². The summed E-state index contributed by atoms with van der Waals surface area (Å²) in [6.45, 7) is 3.55. The van der Waals surface area contributed by atoms with E-state index in [0.717, 1.165) is 11.6 Å². The number of sulfonamides is 1. The van der Waals surface area contributed by atoms with Crippen molar-refractivity contribution in [1.82, 2.24) is 9.62 Å². The van der Waals surface area contributed by atoms with Gasteiger partial charge in [-0.05, 0) is 30.7 Å². The van der Waals surface area contributed by atoms with Gasteiger partial charge in [0.25, 0.3) is 5.69 Å². The van der Waals surface area contributed by atoms with Gasteiger partial charge < -0.3 is 10.1 Å². The molecule has 3 rings (SSSR count). The van der Waals surface area contributed by atoms with E-state index in [4.69, 9.17) is 4.74 Å². The molecule has 1 aliphatic heterocycles. The van der Waals surface area contributed by atoms with Crippen LogP contribution in [0.4, 0.5) is 5.69 Å². The Balaban J connectivity index is 2.05. The van der Waals surface area contributed by atoms with Gasteiger partial charge in [0.1, 0.15) is 16.4 Å². The van der Waals surface area contributed by atoms with Crippen LogP contribution in [-0.4, -0.2) is 43.8 Å². The molecule has 0 radical (unpaired) electrons. The van der Waals surface area contributed by atoms with Gasteiger partial charge in [0.05, 0.1) is 4.92 Å². The van der Waals surface area contributed by atoms with E-state index in [1.54, 1.807) is 18.2 Å². The molecule has 0 spiro atoms. The highest BCUT2D eigenvalue weighted by atomic mass is 32.2. The number of nitro groups is 1. The van der Waals surface area contributed by atoms with E-state index in [9.17, 15) is 18.5 Å². The molecule has 8 nitrogen and oxygen atoms in total. The predicted octanol–water partition coefficient (Wildman–Crippen LogP) is 2.29. The van der Waals surface area contributed by atoms with Gasteiger partial charge in [-0.25, -0.2) is 8.42 Å². The first-order valence-corrected chi connectivity index (χ1v) is 9.56. The standard InChI is InChI=1S/C17H19N3O5S/c1-13-3-2-4-15(11-13)25-16-6-5-14(20(21)22)12-17(16)26(23,24)19-9-7-18-8-10-19/h2-6,11-12,18H,7-10H2,1H3. The van der Waals surface area contributed by atoms with Gasteiger partial charge in [0.15, 0.2) is 0 Å². The Bertz CT molecular complexity index is 924. The van der Waals surface area contributed by atoms with E-state index < -0.39 is 14.9 Å². The normalized spacial score (nSPS) is 15.6. The number of ether oxygens (including phenoxy) is 1. The smallest absolute Gasteiger partial charge is 0.271 e. The first-order chi connectivity index (χ1) is 12.4. The second-order valence-electron chi connectivity index (χ2n) is 5.96. The van der Waals surface area contributed by atoms with Gasteiger partial charge in [-0.1, -0.05) is 12.1 Å². The molecular formula is C17H19N3O5S. The molecule has 1 aliphatic rings. The number of aryl methyl sites for hydroxylation is 1. The van der Waals surface area contributed by atoms with E-state index in [2.05, 4.69) is 5.32 Å². The Morgan fingerprint density at radius 2 is 1.88 bits per heavy atom. The van der Waals surface area contributed by atoms with Gasteiger partial charge in [-0.3, -0.25) is 10.1 Å². The third-order valence-electron chi connectivity index (χ3n) is 4.05. The fourth-order valence-corrected chi connectivity index (χ4v) is 4.30. The predicted molar refractivity (Wildman–Crippen MR) is 96.0 cm³/mol. The van der Waals surface area contributed by atoms with Gasteiger partial charge in [-0.2, -0.15) is 4.31 Å². The zero-order valence-electron chi connectivity index (χ0n) is 14.2. The van der Waals surface area contributed by atoms with Crippen LogP contribution in [0.3, 0.4) is 0 Å². The molecule has 9 heteroatoms. The highest BCUT2D eigenvalue weighted by Crippen LogP contribution is 2.34. The van der Waals surface area contributed by atoms with Gasteiger partial charge in [0.2, 0.25) is 10.0 Å². The van der Waals surface area contributed by atoms with Crippen LogP contribution in [0.1, 0.15) is 5.56 Å². The Kier molecular flexibility index (Phi) is 5.21. The van der Waals surface area contributed by atoms with E-state index in [0.29, 0.717) is 31.9 Å². The Labute approximate surface area is 151 Å². The van der Waals surface area contributed by atoms with Gasteiger partial charge >= 0.3 is 0 Å². The van der Waals surface area contributed by atoms with Crippen LogP contribution in [0.5, 0.6) is 11.5 Å². The molecule has 0 aromatic heterocycles. The van der Waals surface area contributed by atoms with Gasteiger partial charge in [0, 0.05) is 38.3 Å². The first-order valence-electron chi connectivity index (χ1n) is 8.12. The van der Waals surface area contributed by atoms with E-state index in [1.165, 1.54) is 16.4 Å². The molecular weight excluding hydrogens is 358 g/mol. The third kappa shape index (κ3) is 3.85. The van der Waals surface area contributed by atoms with Crippen molar-refractivity contribution in [3.63, 3.8) is 0 Å². The lowest BCUT2D eigenvalue weighted by molar-refractivity contribution is -0.385. The summed E-state index contributed by atoms with van der Waals surface area (Å²) < 4.78 is 33.1. The molecule has 0 bridgehead atoms. The summed E-state index contributed by atoms with van der Waals surface area (Å²) in [5.41, 5.74) is 0.659. The fourth-order valence-electron chi connectivity index (χ4n) is 2.73. The van der Waals surface area contributed by atoms with E-state index in [1.807, 2.05) is 13.0 Å². The monoisotopic (exact) mass is 377 g/mol. The number of piperazine rings is 1. The van der Waals surface area contributed by atoms with Crippen LogP contribution in [-0.2, 0) is 10.0 Å². The maximum atomic E-state index is 13.0. The largest absolute Gasteiger partial charge is 0.456 e. The highest BCUT2D eigenvalue weighted by molar-refractivity contribution is 7.89. The molecule has 2 aromatic rings. The highest BCUT2D eigenvalue weighted by Gasteiger charge is 2.31. The molecule has 26 heavy (non-hydrogen) atoms. The first kappa shape index (κ1) is 18.3. The Hall–Kier alpha value is -2.49. The minimum absolute atomic E-state index is 0.0692. The molecule has 0 unspecified atom stereocenters. The van der Waals surface area contributed by atoms with Crippen molar-refractivity contribution in [2.24, 2.45) is 0 Å². The Morgan fingerprint density at radius 1 is 1.15 bits per heavy atom. The molecule has 0 saturated carbocycles. The molecule has 138 valence electrons. The molecule has 0 atom stereocenters. The summed E-state index contributed by atoms with van der Waals surface area (Å²) in [6, 6.07) is 10.8. The summed E-state index contributed by atoms with van der Waals surface area (Å²) in [4.78, 5) is 10.3. The minimum Gasteiger partial charge on any atom is -0.456 e. The number of rotatable bonds is 5. The third-order valence-corrected chi connectivity index (χ3v) is 5.97. The average molecular weight is 377 g/mol. The maximum Gasteiger partial charge on any atom is 0.271 e. The fraction of sp³-hybridized carbons (Fsp3) is 0.294. The number of hydrogen-bond acceptors (Lipinski definition) is 6. The molecule has 1 heterocycles. The number of nitro benzene ring substituents is 1. The zero-order valence-corrected chi connectivity index (χ0v) is 15.0. The molecule has 2 aromatic carbocycles. The van der Waals surface area contributed by atoms with Crippen LogP contribution in [0.2, 0.25) is 0 Å². The lowest BCUT2D eigenvalue weighted by atomic mass is 10.2. The van der Waals surface area contributed by atoms with Crippen molar-refractivity contribution in [3.05, 3.63) is 58.1 Å². The van der Waals surface area contributed by atoms with Crippen molar-refractivity contribution in [3.8, 4) is 11.5 Å². The lowest BCUT2D eigenvalue weighted by Gasteiger charge is -2.27. The minimum atomic E-state index is -3.92. The van der Waals surface area contributed by atoms with Crippen LogP contribution in [0.25, 0.3) is 0 Å². The summed E-state index contributed by atoms with van der Waals surface area (Å²) in [5.74, 6) is 0.537. The van der Waals surface area contributed by atoms with E-state index >= 15 is 0 Å². The lowest BCUT2D eigenvalue weighted by Crippen LogP contribution is -2.46. The molecule has 0 amide bonds. The second-order valence-corrected chi connectivity index (χ2v) is 7.87. The summed E-state index contributed by atoms with van der Waals surface area (Å²) >= 11 is 0. The van der Waals surface area contributed by atoms with Gasteiger partial charge in [-0.15, -0.1) is 0 Å². The summed E-state index contributed by atoms with van der Waals surface area (Å²) in [5, 5.41) is 14.2. The zero-order chi connectivity index (χ0) is 18.7. The van der Waals surface area contributed by atoms with Crippen molar-refractivity contribution in [2.45, 2.75) is 11.8 Å². The maximum absolute atomic E-state index is 13.0. The SMILES string of the molecule is Cc1cccc(Oc2ccc([N+](=O)[O-])cc2S(=O)(=O)N2CCNCC2)c1. The van der Waals surface area contributed by atoms with Crippen LogP contribution in [0.15, 0.2) is 47.4 Å². The topological polar surface area (TPSA) is 102 Å². The number of nitrogens with zero attached hydrogens (tertiary/aromatic N) is 2. The molecule has 1 fully saturated rings. The second kappa shape index (κ2) is 7.40. The summed E-state index contributed by atoms with van der Waals surface area (Å²) in [6.07, 6.45) is 0. The van der Waals surface area contributed by atoms with Crippen molar-refractivity contribution < 1.29 is 18.1 Å². The average Bonchev–Trinajstić information content (AvgIpc) is 2.62. The number of hydrogen-bond donors (Lipinski definition) is 1. The number of benzene rings is 2. The van der Waals surface area contributed by atoms with Crippen molar-refractivity contribution >= 4 is 15.7 Å². The van der Waals surface area contributed by atoms with E-state index in [-0.39, 0.29) is 16.3 Å². The van der Waals surface area contributed by atoms with Crippen LogP contribution < -0.4 is 10.1 Å². The summed E-state index contributed by atoms with van der Waals surface area (Å²) in [7, 11) is -3.92. The van der Waals surface area contributed by atoms with Crippen molar-refractivity contribution in [1.29, 1.82) is 0 Å². The Morgan fingerprint density at radius 3 is 2.54 bits per heavy atom. The number of nitrogens with one attached hydrogen (secondary N) is 1. The van der Waals surface area contributed by atoms with Crippen LogP contribution >= 0.6 is 0 Å². The quantitative estimate of drug-likeness (QED) is 0.634. The number of non-ortho nitro benzene ring substituents is 1. The molecule has 1 saturated heterocycles. The van der Waals surface area contributed by atoms with Crippen molar-refractivity contribution in [2.75, 3.05) is 26.2 Å².